The molecule has 1 aromatic heterocycles. The lowest BCUT2D eigenvalue weighted by atomic mass is 10.0. The molecule has 0 aliphatic heterocycles. The first-order valence-electron chi connectivity index (χ1n) is 6.72. The van der Waals surface area contributed by atoms with Gasteiger partial charge in [0.2, 0.25) is 0 Å². The Bertz CT molecular complexity index is 564. The monoisotopic (exact) mass is 274 g/mol. The van der Waals surface area contributed by atoms with Crippen LogP contribution in [0.3, 0.4) is 0 Å². The van der Waals surface area contributed by atoms with Crippen LogP contribution in [0.25, 0.3) is 11.4 Å². The molecule has 2 aromatic rings. The minimum absolute atomic E-state index is 0.520. The second-order valence-corrected chi connectivity index (χ2v) is 5.50. The Morgan fingerprint density at radius 1 is 1.16 bits per heavy atom. The number of hydrogen-bond acceptors (Lipinski definition) is 2. The van der Waals surface area contributed by atoms with Crippen LogP contribution in [-0.4, -0.2) is 9.97 Å². The van der Waals surface area contributed by atoms with Crippen molar-refractivity contribution in [3.63, 3.8) is 0 Å². The summed E-state index contributed by atoms with van der Waals surface area (Å²) >= 11 is 6.13. The lowest BCUT2D eigenvalue weighted by molar-refractivity contribution is 0.634. The lowest BCUT2D eigenvalue weighted by Gasteiger charge is -2.10. The first-order chi connectivity index (χ1) is 9.10. The number of nitrogens with zero attached hydrogens (tertiary/aromatic N) is 2. The third kappa shape index (κ3) is 3.54. The van der Waals surface area contributed by atoms with E-state index in [9.17, 15) is 0 Å². The number of benzene rings is 1. The summed E-state index contributed by atoms with van der Waals surface area (Å²) in [6.45, 7) is 6.49. The molecule has 0 aliphatic carbocycles. The first-order valence-corrected chi connectivity index (χ1v) is 7.09. The first kappa shape index (κ1) is 14.0. The van der Waals surface area contributed by atoms with Crippen molar-refractivity contribution in [3.05, 3.63) is 46.7 Å². The summed E-state index contributed by atoms with van der Waals surface area (Å²) in [5.74, 6) is 1.29. The molecule has 2 nitrogen and oxygen atoms in total. The molecule has 0 radical (unpaired) electrons. The molecule has 0 spiro atoms. The number of halogens is 1. The zero-order valence-electron chi connectivity index (χ0n) is 11.7. The smallest absolute Gasteiger partial charge is 0.161 e. The second-order valence-electron chi connectivity index (χ2n) is 5.11. The minimum atomic E-state index is 0.520. The number of aromatic nitrogens is 2. The number of rotatable bonds is 4. The third-order valence-electron chi connectivity index (χ3n) is 3.00. The van der Waals surface area contributed by atoms with Crippen LogP contribution in [0.1, 0.15) is 32.0 Å². The van der Waals surface area contributed by atoms with Gasteiger partial charge in [-0.2, -0.15) is 0 Å². The summed E-state index contributed by atoms with van der Waals surface area (Å²) in [7, 11) is 0. The normalized spacial score (nSPS) is 11.0. The Kier molecular flexibility index (Phi) is 4.54. The van der Waals surface area contributed by atoms with Gasteiger partial charge in [-0.25, -0.2) is 9.97 Å². The fraction of sp³-hybridized carbons (Fsp3) is 0.375. The average Bonchev–Trinajstić information content (AvgIpc) is 2.37. The van der Waals surface area contributed by atoms with Gasteiger partial charge in [0, 0.05) is 11.3 Å². The molecule has 0 aliphatic rings. The summed E-state index contributed by atoms with van der Waals surface area (Å²) < 4.78 is 0. The SMILES string of the molecule is CCc1ccccc1-c1nc(Cl)cc(CC(C)C)n1. The van der Waals surface area contributed by atoms with Gasteiger partial charge in [-0.3, -0.25) is 0 Å². The number of aryl methyl sites for hydroxylation is 1. The summed E-state index contributed by atoms with van der Waals surface area (Å²) in [5.41, 5.74) is 3.34. The molecule has 3 heteroatoms. The van der Waals surface area contributed by atoms with Crippen LogP contribution >= 0.6 is 11.6 Å². The highest BCUT2D eigenvalue weighted by Crippen LogP contribution is 2.23. The van der Waals surface area contributed by atoms with Crippen LogP contribution in [0.15, 0.2) is 30.3 Å². The molecular formula is C16H19ClN2. The third-order valence-corrected chi connectivity index (χ3v) is 3.20. The Hall–Kier alpha value is -1.41. The van der Waals surface area contributed by atoms with Gasteiger partial charge in [-0.15, -0.1) is 0 Å². The Morgan fingerprint density at radius 2 is 1.89 bits per heavy atom. The van der Waals surface area contributed by atoms with Crippen LogP contribution in [0.5, 0.6) is 0 Å². The maximum Gasteiger partial charge on any atom is 0.161 e. The Labute approximate surface area is 119 Å². The largest absolute Gasteiger partial charge is 0.233 e. The van der Waals surface area contributed by atoms with E-state index in [0.717, 1.165) is 29.9 Å². The maximum absolute atomic E-state index is 6.13. The predicted molar refractivity (Wildman–Crippen MR) is 80.4 cm³/mol. The highest BCUT2D eigenvalue weighted by molar-refractivity contribution is 6.29. The number of hydrogen-bond donors (Lipinski definition) is 0. The van der Waals surface area contributed by atoms with Gasteiger partial charge < -0.3 is 0 Å². The van der Waals surface area contributed by atoms with Gasteiger partial charge >= 0.3 is 0 Å². The van der Waals surface area contributed by atoms with E-state index >= 15 is 0 Å². The van der Waals surface area contributed by atoms with Crippen molar-refractivity contribution in [1.82, 2.24) is 9.97 Å². The molecule has 2 rings (SSSR count). The van der Waals surface area contributed by atoms with Gasteiger partial charge in [0.05, 0.1) is 0 Å². The topological polar surface area (TPSA) is 25.8 Å². The fourth-order valence-corrected chi connectivity index (χ4v) is 2.36. The molecule has 0 bridgehead atoms. The predicted octanol–water partition coefficient (Wildman–Crippen LogP) is 4.56. The van der Waals surface area contributed by atoms with Crippen molar-refractivity contribution in [2.24, 2.45) is 5.92 Å². The molecule has 0 N–H and O–H groups in total. The van der Waals surface area contributed by atoms with Crippen molar-refractivity contribution in [3.8, 4) is 11.4 Å². The highest BCUT2D eigenvalue weighted by atomic mass is 35.5. The van der Waals surface area contributed by atoms with E-state index in [2.05, 4.69) is 42.9 Å². The van der Waals surface area contributed by atoms with E-state index < -0.39 is 0 Å². The highest BCUT2D eigenvalue weighted by Gasteiger charge is 2.10. The molecule has 1 heterocycles. The van der Waals surface area contributed by atoms with E-state index in [-0.39, 0.29) is 0 Å². The van der Waals surface area contributed by atoms with Crippen molar-refractivity contribution < 1.29 is 0 Å². The van der Waals surface area contributed by atoms with Crippen LogP contribution < -0.4 is 0 Å². The fourth-order valence-electron chi connectivity index (χ4n) is 2.15. The summed E-state index contributed by atoms with van der Waals surface area (Å²) in [6.07, 6.45) is 1.88. The molecule has 19 heavy (non-hydrogen) atoms. The van der Waals surface area contributed by atoms with Crippen LogP contribution in [0.2, 0.25) is 5.15 Å². The van der Waals surface area contributed by atoms with Crippen LogP contribution in [-0.2, 0) is 12.8 Å². The van der Waals surface area contributed by atoms with Gasteiger partial charge in [0.1, 0.15) is 5.15 Å². The van der Waals surface area contributed by atoms with Crippen molar-refractivity contribution >= 4 is 11.6 Å². The molecule has 0 atom stereocenters. The Balaban J connectivity index is 2.47. The van der Waals surface area contributed by atoms with E-state index in [0.29, 0.717) is 11.1 Å². The maximum atomic E-state index is 6.13. The van der Waals surface area contributed by atoms with Gasteiger partial charge in [-0.05, 0) is 30.4 Å². The summed E-state index contributed by atoms with van der Waals surface area (Å²) in [6, 6.07) is 10.1. The minimum Gasteiger partial charge on any atom is -0.233 e. The molecular weight excluding hydrogens is 256 g/mol. The van der Waals surface area contributed by atoms with Crippen molar-refractivity contribution in [2.75, 3.05) is 0 Å². The van der Waals surface area contributed by atoms with E-state index in [4.69, 9.17) is 11.6 Å². The van der Waals surface area contributed by atoms with Crippen LogP contribution in [0, 0.1) is 5.92 Å². The quantitative estimate of drug-likeness (QED) is 0.764. The molecule has 1 aromatic carbocycles. The Morgan fingerprint density at radius 3 is 2.58 bits per heavy atom. The van der Waals surface area contributed by atoms with E-state index in [1.165, 1.54) is 5.56 Å². The van der Waals surface area contributed by atoms with Crippen molar-refractivity contribution in [2.45, 2.75) is 33.6 Å². The van der Waals surface area contributed by atoms with E-state index in [1.54, 1.807) is 0 Å². The molecule has 0 saturated carbocycles. The van der Waals surface area contributed by atoms with Gasteiger partial charge in [0.15, 0.2) is 5.82 Å². The standard InChI is InChI=1S/C16H19ClN2/c1-4-12-7-5-6-8-14(12)16-18-13(9-11(2)3)10-15(17)19-16/h5-8,10-11H,4,9H2,1-3H3. The lowest BCUT2D eigenvalue weighted by Crippen LogP contribution is -2.01. The van der Waals surface area contributed by atoms with Gasteiger partial charge in [0.25, 0.3) is 0 Å². The van der Waals surface area contributed by atoms with Crippen molar-refractivity contribution in [1.29, 1.82) is 0 Å². The molecule has 0 amide bonds. The van der Waals surface area contributed by atoms with E-state index in [1.807, 2.05) is 18.2 Å². The summed E-state index contributed by atoms with van der Waals surface area (Å²) in [4.78, 5) is 9.03. The summed E-state index contributed by atoms with van der Waals surface area (Å²) in [5, 5.41) is 0.520. The molecule has 0 fully saturated rings. The molecule has 0 saturated heterocycles. The van der Waals surface area contributed by atoms with Crippen LogP contribution in [0.4, 0.5) is 0 Å². The molecule has 100 valence electrons. The second kappa shape index (κ2) is 6.16. The molecule has 0 unspecified atom stereocenters. The zero-order valence-corrected chi connectivity index (χ0v) is 12.4. The zero-order chi connectivity index (χ0) is 13.8. The average molecular weight is 275 g/mol. The van der Waals surface area contributed by atoms with Gasteiger partial charge in [-0.1, -0.05) is 56.6 Å².